The van der Waals surface area contributed by atoms with E-state index in [4.69, 9.17) is 11.6 Å². The maximum Gasteiger partial charge on any atom is 0.249 e. The summed E-state index contributed by atoms with van der Waals surface area (Å²) in [7, 11) is -3.57. The summed E-state index contributed by atoms with van der Waals surface area (Å²) in [5.41, 5.74) is 2.28. The molecule has 3 rings (SSSR count). The molecule has 2 aromatic carbocycles. The van der Waals surface area contributed by atoms with Gasteiger partial charge in [-0.3, -0.25) is 4.79 Å². The van der Waals surface area contributed by atoms with Crippen LogP contribution >= 0.6 is 22.9 Å². The van der Waals surface area contributed by atoms with Gasteiger partial charge in [0.15, 0.2) is 14.6 Å². The molecule has 0 atom stereocenters. The molecule has 0 aliphatic heterocycles. The van der Waals surface area contributed by atoms with Crippen LogP contribution in [0, 0.1) is 0 Å². The highest BCUT2D eigenvalue weighted by Crippen LogP contribution is 2.24. The normalized spacial score (nSPS) is 12.8. The molecule has 30 heavy (non-hydrogen) atoms. The predicted molar refractivity (Wildman–Crippen MR) is 123 cm³/mol. The van der Waals surface area contributed by atoms with Gasteiger partial charge < -0.3 is 4.57 Å². The van der Waals surface area contributed by atoms with Gasteiger partial charge in [-0.1, -0.05) is 49.8 Å². The van der Waals surface area contributed by atoms with Crippen molar-refractivity contribution in [1.82, 2.24) is 4.57 Å². The summed E-state index contributed by atoms with van der Waals surface area (Å²) in [6.45, 7) is 7.11. The topological polar surface area (TPSA) is 68.5 Å². The molecule has 5 nitrogen and oxygen atoms in total. The summed E-state index contributed by atoms with van der Waals surface area (Å²) in [5.74, 6) is -0.308. The van der Waals surface area contributed by atoms with Crippen molar-refractivity contribution in [2.75, 3.05) is 5.75 Å². The first-order valence-electron chi connectivity index (χ1n) is 9.90. The number of halogens is 1. The minimum atomic E-state index is -3.57. The summed E-state index contributed by atoms with van der Waals surface area (Å²) >= 11 is 7.28. The number of hydrogen-bond acceptors (Lipinski definition) is 4. The van der Waals surface area contributed by atoms with Crippen molar-refractivity contribution in [3.63, 3.8) is 0 Å². The monoisotopic (exact) mass is 464 g/mol. The summed E-state index contributed by atoms with van der Waals surface area (Å²) in [4.78, 5) is 17.5. The molecule has 0 saturated carbocycles. The maximum absolute atomic E-state index is 12.5. The molecule has 0 aliphatic carbocycles. The molecule has 0 spiro atoms. The molecule has 0 bridgehead atoms. The van der Waals surface area contributed by atoms with Crippen molar-refractivity contribution < 1.29 is 13.2 Å². The highest BCUT2D eigenvalue weighted by atomic mass is 35.5. The fraction of sp³-hybridized carbons (Fsp3) is 0.364. The molecule has 0 unspecified atom stereocenters. The first-order chi connectivity index (χ1) is 14.2. The Morgan fingerprint density at radius 3 is 2.50 bits per heavy atom. The van der Waals surface area contributed by atoms with Crippen LogP contribution in [0.3, 0.4) is 0 Å². The van der Waals surface area contributed by atoms with E-state index in [1.165, 1.54) is 41.2 Å². The zero-order valence-corrected chi connectivity index (χ0v) is 19.6. The molecule has 0 aliphatic rings. The SMILES string of the molecule is CCCn1c(=NC(=O)CCS(=O)(=O)c2ccc(Cl)cc2)sc2cc(C(C)C)ccc21. The number of carbonyl (C=O) groups is 1. The minimum Gasteiger partial charge on any atom is -0.316 e. The van der Waals surface area contributed by atoms with Crippen LogP contribution < -0.4 is 4.80 Å². The van der Waals surface area contributed by atoms with Crippen LogP contribution in [-0.2, 0) is 21.2 Å². The van der Waals surface area contributed by atoms with Crippen LogP contribution in [0.2, 0.25) is 5.02 Å². The number of rotatable bonds is 7. The molecule has 0 N–H and O–H groups in total. The van der Waals surface area contributed by atoms with E-state index in [2.05, 4.69) is 44.0 Å². The van der Waals surface area contributed by atoms with E-state index in [1.807, 2.05) is 4.57 Å². The third-order valence-corrected chi connectivity index (χ3v) is 7.82. The number of benzene rings is 2. The van der Waals surface area contributed by atoms with E-state index in [0.29, 0.717) is 15.7 Å². The zero-order valence-electron chi connectivity index (χ0n) is 17.3. The largest absolute Gasteiger partial charge is 0.316 e. The molecule has 1 heterocycles. The first-order valence-corrected chi connectivity index (χ1v) is 12.7. The Morgan fingerprint density at radius 1 is 1.17 bits per heavy atom. The average molecular weight is 465 g/mol. The first kappa shape index (κ1) is 22.7. The van der Waals surface area contributed by atoms with E-state index >= 15 is 0 Å². The fourth-order valence-corrected chi connectivity index (χ4v) is 5.60. The lowest BCUT2D eigenvalue weighted by Crippen LogP contribution is -2.18. The minimum absolute atomic E-state index is 0.156. The molecular weight excluding hydrogens is 440 g/mol. The Bertz CT molecular complexity index is 1220. The molecule has 1 aromatic heterocycles. The molecule has 8 heteroatoms. The van der Waals surface area contributed by atoms with Crippen molar-refractivity contribution in [1.29, 1.82) is 0 Å². The van der Waals surface area contributed by atoms with E-state index in [-0.39, 0.29) is 17.1 Å². The number of nitrogens with zero attached hydrogens (tertiary/aromatic N) is 2. The Hall–Kier alpha value is -1.96. The van der Waals surface area contributed by atoms with Gasteiger partial charge >= 0.3 is 0 Å². The van der Waals surface area contributed by atoms with Gasteiger partial charge in [-0.15, -0.1) is 0 Å². The second-order valence-electron chi connectivity index (χ2n) is 7.45. The van der Waals surface area contributed by atoms with Crippen LogP contribution in [0.5, 0.6) is 0 Å². The van der Waals surface area contributed by atoms with Crippen molar-refractivity contribution in [2.45, 2.75) is 51.0 Å². The van der Waals surface area contributed by atoms with Crippen molar-refractivity contribution in [3.8, 4) is 0 Å². The molecule has 160 valence electrons. The third-order valence-electron chi connectivity index (χ3n) is 4.80. The van der Waals surface area contributed by atoms with Crippen LogP contribution in [-0.4, -0.2) is 24.6 Å². The Labute approximate surface area is 186 Å². The quantitative estimate of drug-likeness (QED) is 0.483. The van der Waals surface area contributed by atoms with Gasteiger partial charge in [0.05, 0.1) is 20.9 Å². The lowest BCUT2D eigenvalue weighted by Gasteiger charge is -2.06. The summed E-state index contributed by atoms with van der Waals surface area (Å²) in [6.07, 6.45) is 0.743. The maximum atomic E-state index is 12.5. The number of fused-ring (bicyclic) bond motifs is 1. The van der Waals surface area contributed by atoms with Gasteiger partial charge in [0.25, 0.3) is 0 Å². The summed E-state index contributed by atoms with van der Waals surface area (Å²) in [5, 5.41) is 0.464. The number of aromatic nitrogens is 1. The van der Waals surface area contributed by atoms with E-state index in [9.17, 15) is 13.2 Å². The van der Waals surface area contributed by atoms with Crippen LogP contribution in [0.15, 0.2) is 52.4 Å². The Morgan fingerprint density at radius 2 is 1.87 bits per heavy atom. The lowest BCUT2D eigenvalue weighted by molar-refractivity contribution is -0.117. The summed E-state index contributed by atoms with van der Waals surface area (Å²) in [6, 6.07) is 12.3. The number of aryl methyl sites for hydroxylation is 1. The van der Waals surface area contributed by atoms with Gasteiger partial charge in [-0.25, -0.2) is 8.42 Å². The molecule has 1 amide bonds. The highest BCUT2D eigenvalue weighted by molar-refractivity contribution is 7.91. The molecule has 0 radical (unpaired) electrons. The van der Waals surface area contributed by atoms with E-state index in [1.54, 1.807) is 0 Å². The smallest absolute Gasteiger partial charge is 0.249 e. The number of carbonyl (C=O) groups excluding carboxylic acids is 1. The number of sulfone groups is 1. The van der Waals surface area contributed by atoms with Gasteiger partial charge in [0.2, 0.25) is 5.91 Å². The van der Waals surface area contributed by atoms with Crippen LogP contribution in [0.4, 0.5) is 0 Å². The van der Waals surface area contributed by atoms with Gasteiger partial charge in [0.1, 0.15) is 0 Å². The molecule has 0 fully saturated rings. The fourth-order valence-electron chi connectivity index (χ4n) is 3.12. The predicted octanol–water partition coefficient (Wildman–Crippen LogP) is 5.18. The lowest BCUT2D eigenvalue weighted by atomic mass is 10.0. The zero-order chi connectivity index (χ0) is 21.9. The van der Waals surface area contributed by atoms with E-state index < -0.39 is 15.7 Å². The summed E-state index contributed by atoms with van der Waals surface area (Å²) < 4.78 is 28.1. The standard InChI is InChI=1S/C22H25ClN2O3S2/c1-4-12-25-19-10-5-16(15(2)3)14-20(19)29-22(25)24-21(26)11-13-30(27,28)18-8-6-17(23)7-9-18/h5-10,14-15H,4,11-13H2,1-3H3. The Kier molecular flexibility index (Phi) is 7.16. The Balaban J connectivity index is 1.86. The van der Waals surface area contributed by atoms with Crippen LogP contribution in [0.25, 0.3) is 10.2 Å². The van der Waals surface area contributed by atoms with Gasteiger partial charge in [0, 0.05) is 18.0 Å². The van der Waals surface area contributed by atoms with Crippen molar-refractivity contribution >= 4 is 48.9 Å². The third kappa shape index (κ3) is 5.20. The van der Waals surface area contributed by atoms with Crippen LogP contribution in [0.1, 0.15) is 45.1 Å². The highest BCUT2D eigenvalue weighted by Gasteiger charge is 2.17. The molecular formula is C22H25ClN2O3S2. The van der Waals surface area contributed by atoms with Gasteiger partial charge in [-0.05, 0) is 54.3 Å². The molecule has 0 saturated heterocycles. The van der Waals surface area contributed by atoms with Gasteiger partial charge in [-0.2, -0.15) is 4.99 Å². The second-order valence-corrected chi connectivity index (χ2v) is 11.0. The van der Waals surface area contributed by atoms with Crippen molar-refractivity contribution in [2.24, 2.45) is 4.99 Å². The number of thiazole rings is 1. The van der Waals surface area contributed by atoms with E-state index in [0.717, 1.165) is 23.2 Å². The second kappa shape index (κ2) is 9.45. The van der Waals surface area contributed by atoms with Crippen molar-refractivity contribution in [3.05, 3.63) is 57.9 Å². The molecule has 3 aromatic rings. The number of hydrogen-bond donors (Lipinski definition) is 0. The average Bonchev–Trinajstić information content (AvgIpc) is 3.03. The number of amides is 1.